The van der Waals surface area contributed by atoms with E-state index >= 15 is 0 Å². The summed E-state index contributed by atoms with van der Waals surface area (Å²) in [5, 5.41) is 3.68. The Balaban J connectivity index is 1.72. The summed E-state index contributed by atoms with van der Waals surface area (Å²) in [4.78, 5) is 11.5. The molecule has 0 bridgehead atoms. The van der Waals surface area contributed by atoms with E-state index in [9.17, 15) is 0 Å². The van der Waals surface area contributed by atoms with Gasteiger partial charge in [-0.1, -0.05) is 6.92 Å². The minimum Gasteiger partial charge on any atom is -0.366 e. The predicted molar refractivity (Wildman–Crippen MR) is 77.4 cm³/mol. The summed E-state index contributed by atoms with van der Waals surface area (Å²) in [5.41, 5.74) is 2.65. The highest BCUT2D eigenvalue weighted by atomic mass is 15.2. The summed E-state index contributed by atoms with van der Waals surface area (Å²) >= 11 is 0. The summed E-state index contributed by atoms with van der Waals surface area (Å²) in [5.74, 6) is 1.10. The molecule has 1 aliphatic heterocycles. The van der Waals surface area contributed by atoms with Crippen LogP contribution in [0.15, 0.2) is 6.33 Å². The number of nitrogens with zero attached hydrogens (tertiary/aromatic N) is 3. The Hall–Kier alpha value is -1.16. The van der Waals surface area contributed by atoms with Crippen LogP contribution >= 0.6 is 0 Å². The zero-order valence-electron chi connectivity index (χ0n) is 11.9. The molecule has 1 aromatic rings. The zero-order chi connectivity index (χ0) is 13.1. The van der Waals surface area contributed by atoms with Crippen LogP contribution in [0.2, 0.25) is 0 Å². The molecule has 3 rings (SSSR count). The van der Waals surface area contributed by atoms with E-state index in [0.717, 1.165) is 31.7 Å². The average Bonchev–Trinajstić information content (AvgIpc) is 2.48. The van der Waals surface area contributed by atoms with E-state index in [1.165, 1.54) is 43.5 Å². The normalized spacial score (nSPS) is 23.9. The second-order valence-electron chi connectivity index (χ2n) is 5.73. The number of likely N-dealkylation sites (N-methyl/N-ethyl adjacent to an activating group) is 1. The van der Waals surface area contributed by atoms with Crippen molar-refractivity contribution in [2.24, 2.45) is 0 Å². The van der Waals surface area contributed by atoms with Gasteiger partial charge in [-0.25, -0.2) is 9.97 Å². The smallest absolute Gasteiger partial charge is 0.133 e. The highest BCUT2D eigenvalue weighted by Crippen LogP contribution is 2.25. The Morgan fingerprint density at radius 1 is 1.26 bits per heavy atom. The van der Waals surface area contributed by atoms with Crippen LogP contribution in [0.1, 0.15) is 43.9 Å². The number of hydrogen-bond donors (Lipinski definition) is 1. The molecule has 4 nitrogen and oxygen atoms in total. The van der Waals surface area contributed by atoms with Crippen LogP contribution in [0.4, 0.5) is 5.82 Å². The van der Waals surface area contributed by atoms with Crippen molar-refractivity contribution >= 4 is 5.82 Å². The number of fused-ring (bicyclic) bond motifs is 1. The number of nitrogens with one attached hydrogen (secondary N) is 1. The van der Waals surface area contributed by atoms with Crippen LogP contribution in [-0.4, -0.2) is 40.5 Å². The van der Waals surface area contributed by atoms with Gasteiger partial charge in [-0.3, -0.25) is 0 Å². The SMILES string of the molecule is CCN1CCCC(Nc2ncnc3c2CCCC3)C1. The molecule has 1 aliphatic carbocycles. The van der Waals surface area contributed by atoms with Crippen LogP contribution in [0.25, 0.3) is 0 Å². The van der Waals surface area contributed by atoms with E-state index in [2.05, 4.69) is 27.1 Å². The molecule has 0 saturated carbocycles. The van der Waals surface area contributed by atoms with Crippen LogP contribution in [0.3, 0.4) is 0 Å². The third-order valence-corrected chi connectivity index (χ3v) is 4.42. The molecule has 0 aromatic carbocycles. The molecule has 104 valence electrons. The maximum absolute atomic E-state index is 4.50. The zero-order valence-corrected chi connectivity index (χ0v) is 11.9. The Morgan fingerprint density at radius 2 is 2.16 bits per heavy atom. The monoisotopic (exact) mass is 260 g/mol. The van der Waals surface area contributed by atoms with E-state index < -0.39 is 0 Å². The molecule has 0 amide bonds. The van der Waals surface area contributed by atoms with Crippen molar-refractivity contribution in [1.29, 1.82) is 0 Å². The molecular formula is C15H24N4. The lowest BCUT2D eigenvalue weighted by Gasteiger charge is -2.33. The minimum absolute atomic E-state index is 0.551. The van der Waals surface area contributed by atoms with Gasteiger partial charge < -0.3 is 10.2 Å². The Labute approximate surface area is 115 Å². The molecule has 0 spiro atoms. The topological polar surface area (TPSA) is 41.0 Å². The van der Waals surface area contributed by atoms with E-state index in [1.807, 2.05) is 0 Å². The lowest BCUT2D eigenvalue weighted by Crippen LogP contribution is -2.42. The molecule has 1 aromatic heterocycles. The van der Waals surface area contributed by atoms with Gasteiger partial charge in [-0.15, -0.1) is 0 Å². The fraction of sp³-hybridized carbons (Fsp3) is 0.733. The van der Waals surface area contributed by atoms with Crippen LogP contribution < -0.4 is 5.32 Å². The first-order chi connectivity index (χ1) is 9.36. The van der Waals surface area contributed by atoms with Crippen molar-refractivity contribution in [3.05, 3.63) is 17.6 Å². The van der Waals surface area contributed by atoms with Crippen molar-refractivity contribution in [2.75, 3.05) is 25.0 Å². The highest BCUT2D eigenvalue weighted by molar-refractivity contribution is 5.47. The number of hydrogen-bond acceptors (Lipinski definition) is 4. The molecular weight excluding hydrogens is 236 g/mol. The number of piperidine rings is 1. The first-order valence-electron chi connectivity index (χ1n) is 7.68. The van der Waals surface area contributed by atoms with E-state index in [0.29, 0.717) is 6.04 Å². The lowest BCUT2D eigenvalue weighted by molar-refractivity contribution is 0.226. The van der Waals surface area contributed by atoms with Gasteiger partial charge in [-0.05, 0) is 51.6 Å². The van der Waals surface area contributed by atoms with Crippen LogP contribution in [0, 0.1) is 0 Å². The highest BCUT2D eigenvalue weighted by Gasteiger charge is 2.21. The summed E-state index contributed by atoms with van der Waals surface area (Å²) in [7, 11) is 0. The molecule has 1 unspecified atom stereocenters. The van der Waals surface area contributed by atoms with Crippen molar-refractivity contribution in [3.8, 4) is 0 Å². The van der Waals surface area contributed by atoms with Crippen molar-refractivity contribution in [3.63, 3.8) is 0 Å². The summed E-state index contributed by atoms with van der Waals surface area (Å²) in [6, 6.07) is 0.551. The Kier molecular flexibility index (Phi) is 3.97. The minimum atomic E-state index is 0.551. The molecule has 1 fully saturated rings. The number of aryl methyl sites for hydroxylation is 1. The maximum Gasteiger partial charge on any atom is 0.133 e. The molecule has 2 aliphatic rings. The van der Waals surface area contributed by atoms with Gasteiger partial charge in [0.05, 0.1) is 0 Å². The average molecular weight is 260 g/mol. The first kappa shape index (κ1) is 12.9. The van der Waals surface area contributed by atoms with E-state index in [4.69, 9.17) is 0 Å². The quantitative estimate of drug-likeness (QED) is 0.905. The van der Waals surface area contributed by atoms with Crippen LogP contribution in [-0.2, 0) is 12.8 Å². The summed E-state index contributed by atoms with van der Waals surface area (Å²) < 4.78 is 0. The maximum atomic E-state index is 4.50. The Bertz CT molecular complexity index is 432. The van der Waals surface area contributed by atoms with Crippen molar-refractivity contribution in [1.82, 2.24) is 14.9 Å². The molecule has 1 atom stereocenters. The van der Waals surface area contributed by atoms with E-state index in [1.54, 1.807) is 6.33 Å². The molecule has 1 N–H and O–H groups in total. The Morgan fingerprint density at radius 3 is 3.05 bits per heavy atom. The van der Waals surface area contributed by atoms with E-state index in [-0.39, 0.29) is 0 Å². The first-order valence-corrected chi connectivity index (χ1v) is 7.68. The van der Waals surface area contributed by atoms with Gasteiger partial charge in [0.1, 0.15) is 12.1 Å². The summed E-state index contributed by atoms with van der Waals surface area (Å²) in [6.07, 6.45) is 9.10. The molecule has 2 heterocycles. The largest absolute Gasteiger partial charge is 0.366 e. The third kappa shape index (κ3) is 2.89. The fourth-order valence-electron chi connectivity index (χ4n) is 3.30. The van der Waals surface area contributed by atoms with Gasteiger partial charge >= 0.3 is 0 Å². The molecule has 19 heavy (non-hydrogen) atoms. The molecule has 0 radical (unpaired) electrons. The van der Waals surface area contributed by atoms with Gasteiger partial charge in [0, 0.05) is 23.8 Å². The second kappa shape index (κ2) is 5.87. The number of aromatic nitrogens is 2. The molecule has 1 saturated heterocycles. The predicted octanol–water partition coefficient (Wildman–Crippen LogP) is 2.25. The van der Waals surface area contributed by atoms with Gasteiger partial charge in [-0.2, -0.15) is 0 Å². The third-order valence-electron chi connectivity index (χ3n) is 4.42. The van der Waals surface area contributed by atoms with Crippen molar-refractivity contribution in [2.45, 2.75) is 51.5 Å². The second-order valence-corrected chi connectivity index (χ2v) is 5.73. The van der Waals surface area contributed by atoms with Gasteiger partial charge in [0.15, 0.2) is 0 Å². The van der Waals surface area contributed by atoms with Gasteiger partial charge in [0.2, 0.25) is 0 Å². The number of rotatable bonds is 3. The lowest BCUT2D eigenvalue weighted by atomic mass is 9.96. The van der Waals surface area contributed by atoms with Crippen LogP contribution in [0.5, 0.6) is 0 Å². The fourth-order valence-corrected chi connectivity index (χ4v) is 3.30. The number of anilines is 1. The standard InChI is InChI=1S/C15H24N4/c1-2-19-9-5-6-12(10-19)18-15-13-7-3-4-8-14(13)16-11-17-15/h11-12H,2-10H2,1H3,(H,16,17,18). The van der Waals surface area contributed by atoms with Crippen molar-refractivity contribution < 1.29 is 0 Å². The molecule has 4 heteroatoms. The van der Waals surface area contributed by atoms with Gasteiger partial charge in [0.25, 0.3) is 0 Å². The summed E-state index contributed by atoms with van der Waals surface area (Å²) in [6.45, 7) is 5.79. The number of likely N-dealkylation sites (tertiary alicyclic amines) is 1.